The Kier molecular flexibility index (Phi) is 6.06. The van der Waals surface area contributed by atoms with Crippen LogP contribution in [0.4, 0.5) is 0 Å². The molecule has 0 aromatic heterocycles. The molecule has 96 valence electrons. The van der Waals surface area contributed by atoms with E-state index in [4.69, 9.17) is 4.74 Å². The first-order valence-electron chi connectivity index (χ1n) is 6.59. The molecule has 0 fully saturated rings. The maximum Gasteiger partial charge on any atom is 0.119 e. The van der Waals surface area contributed by atoms with Crippen molar-refractivity contribution in [1.82, 2.24) is 5.32 Å². The Morgan fingerprint density at radius 1 is 1.12 bits per heavy atom. The zero-order valence-corrected chi connectivity index (χ0v) is 11.5. The van der Waals surface area contributed by atoms with Crippen molar-refractivity contribution in [3.63, 3.8) is 0 Å². The molecule has 0 saturated carbocycles. The molecule has 0 aliphatic rings. The molecule has 1 N–H and O–H groups in total. The first kappa shape index (κ1) is 14.0. The summed E-state index contributed by atoms with van der Waals surface area (Å²) in [6, 6.07) is 8.81. The number of hydrogen-bond donors (Lipinski definition) is 1. The van der Waals surface area contributed by atoms with E-state index in [2.05, 4.69) is 57.3 Å². The Morgan fingerprint density at radius 2 is 1.76 bits per heavy atom. The van der Waals surface area contributed by atoms with E-state index >= 15 is 0 Å². The van der Waals surface area contributed by atoms with Gasteiger partial charge in [0.25, 0.3) is 0 Å². The fourth-order valence-electron chi connectivity index (χ4n) is 1.59. The van der Waals surface area contributed by atoms with Gasteiger partial charge in [0.05, 0.1) is 6.61 Å². The highest BCUT2D eigenvalue weighted by Gasteiger charge is 2.04. The van der Waals surface area contributed by atoms with E-state index in [1.807, 2.05) is 0 Å². The van der Waals surface area contributed by atoms with Gasteiger partial charge >= 0.3 is 0 Å². The average molecular weight is 235 g/mol. The molecule has 0 aliphatic heterocycles. The van der Waals surface area contributed by atoms with E-state index in [-0.39, 0.29) is 0 Å². The molecule has 1 aromatic rings. The molecule has 1 rings (SSSR count). The lowest BCUT2D eigenvalue weighted by molar-refractivity contribution is 0.271. The van der Waals surface area contributed by atoms with Gasteiger partial charge in [-0.2, -0.15) is 0 Å². The van der Waals surface area contributed by atoms with Crippen LogP contribution in [0.2, 0.25) is 0 Å². The van der Waals surface area contributed by atoms with Gasteiger partial charge in [0.15, 0.2) is 0 Å². The van der Waals surface area contributed by atoms with Gasteiger partial charge in [-0.15, -0.1) is 0 Å². The molecule has 0 saturated heterocycles. The molecule has 0 unspecified atom stereocenters. The van der Waals surface area contributed by atoms with Gasteiger partial charge in [0, 0.05) is 6.04 Å². The van der Waals surface area contributed by atoms with Crippen molar-refractivity contribution >= 4 is 0 Å². The third-order valence-electron chi connectivity index (χ3n) is 2.66. The topological polar surface area (TPSA) is 21.3 Å². The molecule has 1 aromatic carbocycles. The van der Waals surface area contributed by atoms with Crippen LogP contribution in [-0.4, -0.2) is 13.2 Å². The summed E-state index contributed by atoms with van der Waals surface area (Å²) in [5.74, 6) is 1.53. The van der Waals surface area contributed by atoms with Crippen LogP contribution in [0, 0.1) is 5.92 Å². The molecule has 2 heteroatoms. The van der Waals surface area contributed by atoms with Crippen LogP contribution in [0.1, 0.15) is 45.7 Å². The minimum atomic E-state index is 0.411. The Morgan fingerprint density at radius 3 is 2.29 bits per heavy atom. The summed E-state index contributed by atoms with van der Waals surface area (Å²) >= 11 is 0. The number of ether oxygens (including phenoxy) is 1. The number of benzene rings is 1. The second-order valence-electron chi connectivity index (χ2n) is 4.95. The van der Waals surface area contributed by atoms with Crippen molar-refractivity contribution < 1.29 is 4.74 Å². The van der Waals surface area contributed by atoms with Gasteiger partial charge in [0.1, 0.15) is 5.75 Å². The molecule has 0 amide bonds. The zero-order valence-electron chi connectivity index (χ0n) is 11.5. The first-order valence-corrected chi connectivity index (χ1v) is 6.59. The van der Waals surface area contributed by atoms with Crippen LogP contribution >= 0.6 is 0 Å². The fourth-order valence-corrected chi connectivity index (χ4v) is 1.59. The SMILES string of the molecule is CCCN[C@@H](C)c1ccc(OCC(C)C)cc1. The minimum absolute atomic E-state index is 0.411. The van der Waals surface area contributed by atoms with E-state index < -0.39 is 0 Å². The largest absolute Gasteiger partial charge is 0.493 e. The quantitative estimate of drug-likeness (QED) is 0.776. The van der Waals surface area contributed by atoms with E-state index in [0.29, 0.717) is 12.0 Å². The monoisotopic (exact) mass is 235 g/mol. The maximum atomic E-state index is 5.66. The Labute approximate surface area is 105 Å². The van der Waals surface area contributed by atoms with Crippen molar-refractivity contribution in [2.75, 3.05) is 13.2 Å². The lowest BCUT2D eigenvalue weighted by Gasteiger charge is -2.14. The number of hydrogen-bond acceptors (Lipinski definition) is 2. The minimum Gasteiger partial charge on any atom is -0.493 e. The van der Waals surface area contributed by atoms with Gasteiger partial charge in [-0.05, 0) is 43.5 Å². The van der Waals surface area contributed by atoms with E-state index in [1.165, 1.54) is 12.0 Å². The van der Waals surface area contributed by atoms with Crippen molar-refractivity contribution in [2.45, 2.75) is 40.2 Å². The third kappa shape index (κ3) is 5.22. The van der Waals surface area contributed by atoms with Crippen LogP contribution in [0.25, 0.3) is 0 Å². The second-order valence-corrected chi connectivity index (χ2v) is 4.95. The predicted molar refractivity (Wildman–Crippen MR) is 73.5 cm³/mol. The summed E-state index contributed by atoms with van der Waals surface area (Å²) in [5.41, 5.74) is 1.32. The predicted octanol–water partition coefficient (Wildman–Crippen LogP) is 3.78. The summed E-state index contributed by atoms with van der Waals surface area (Å²) < 4.78 is 5.66. The van der Waals surface area contributed by atoms with Gasteiger partial charge < -0.3 is 10.1 Å². The molecular weight excluding hydrogens is 210 g/mol. The standard InChI is InChI=1S/C15H25NO/c1-5-10-16-13(4)14-6-8-15(9-7-14)17-11-12(2)3/h6-9,12-13,16H,5,10-11H2,1-4H3/t13-/m0/s1. The summed E-state index contributed by atoms with van der Waals surface area (Å²) in [4.78, 5) is 0. The second kappa shape index (κ2) is 7.33. The Bertz CT molecular complexity index is 305. The van der Waals surface area contributed by atoms with Crippen molar-refractivity contribution in [2.24, 2.45) is 5.92 Å². The lowest BCUT2D eigenvalue weighted by Crippen LogP contribution is -2.19. The van der Waals surface area contributed by atoms with E-state index in [1.54, 1.807) is 0 Å². The van der Waals surface area contributed by atoms with Crippen LogP contribution in [0.3, 0.4) is 0 Å². The number of rotatable bonds is 7. The van der Waals surface area contributed by atoms with Crippen molar-refractivity contribution in [3.8, 4) is 5.75 Å². The molecule has 0 bridgehead atoms. The summed E-state index contributed by atoms with van der Waals surface area (Å²) in [6.07, 6.45) is 1.17. The van der Waals surface area contributed by atoms with Gasteiger partial charge in [-0.3, -0.25) is 0 Å². The Hall–Kier alpha value is -1.02. The van der Waals surface area contributed by atoms with Crippen molar-refractivity contribution in [3.05, 3.63) is 29.8 Å². The van der Waals surface area contributed by atoms with Crippen LogP contribution in [-0.2, 0) is 0 Å². The molecule has 0 radical (unpaired) electrons. The first-order chi connectivity index (χ1) is 8.13. The molecule has 1 atom stereocenters. The zero-order chi connectivity index (χ0) is 12.7. The molecule has 0 heterocycles. The highest BCUT2D eigenvalue weighted by atomic mass is 16.5. The third-order valence-corrected chi connectivity index (χ3v) is 2.66. The number of nitrogens with one attached hydrogen (secondary N) is 1. The fraction of sp³-hybridized carbons (Fsp3) is 0.600. The Balaban J connectivity index is 2.49. The normalized spacial score (nSPS) is 12.8. The van der Waals surface area contributed by atoms with Crippen molar-refractivity contribution in [1.29, 1.82) is 0 Å². The van der Waals surface area contributed by atoms with Crippen LogP contribution in [0.15, 0.2) is 24.3 Å². The van der Waals surface area contributed by atoms with Gasteiger partial charge in [-0.1, -0.05) is 32.9 Å². The van der Waals surface area contributed by atoms with Gasteiger partial charge in [0.2, 0.25) is 0 Å². The molecule has 0 spiro atoms. The summed E-state index contributed by atoms with van der Waals surface area (Å²) in [7, 11) is 0. The summed E-state index contributed by atoms with van der Waals surface area (Å²) in [5, 5.41) is 3.48. The van der Waals surface area contributed by atoms with Crippen LogP contribution in [0.5, 0.6) is 5.75 Å². The molecular formula is C15H25NO. The molecule has 17 heavy (non-hydrogen) atoms. The maximum absolute atomic E-state index is 5.66. The average Bonchev–Trinajstić information content (AvgIpc) is 2.34. The highest BCUT2D eigenvalue weighted by Crippen LogP contribution is 2.18. The summed E-state index contributed by atoms with van der Waals surface area (Å²) in [6.45, 7) is 10.5. The highest BCUT2D eigenvalue weighted by molar-refractivity contribution is 5.28. The van der Waals surface area contributed by atoms with Crippen LogP contribution < -0.4 is 10.1 Å². The van der Waals surface area contributed by atoms with E-state index in [9.17, 15) is 0 Å². The van der Waals surface area contributed by atoms with Gasteiger partial charge in [-0.25, -0.2) is 0 Å². The smallest absolute Gasteiger partial charge is 0.119 e. The lowest BCUT2D eigenvalue weighted by atomic mass is 10.1. The van der Waals surface area contributed by atoms with E-state index in [0.717, 1.165) is 18.9 Å². The molecule has 2 nitrogen and oxygen atoms in total. The molecule has 0 aliphatic carbocycles.